The molecule has 4 heteroatoms. The number of para-hydroxylation sites is 1. The van der Waals surface area contributed by atoms with Gasteiger partial charge in [0.2, 0.25) is 5.91 Å². The maximum absolute atomic E-state index is 12.2. The molecule has 1 amide bonds. The first-order valence-corrected chi connectivity index (χ1v) is 7.79. The molecule has 1 heterocycles. The molecule has 1 atom stereocenters. The molecule has 1 saturated heterocycles. The van der Waals surface area contributed by atoms with Gasteiger partial charge in [-0.15, -0.1) is 0 Å². The van der Waals surface area contributed by atoms with Crippen LogP contribution in [0.15, 0.2) is 24.3 Å². The Labute approximate surface area is 124 Å². The molecule has 1 N–H and O–H groups in total. The van der Waals surface area contributed by atoms with E-state index in [2.05, 4.69) is 31.5 Å². The summed E-state index contributed by atoms with van der Waals surface area (Å²) in [5, 5.41) is 3.10. The lowest BCUT2D eigenvalue weighted by atomic mass is 9.88. The molecule has 20 heavy (non-hydrogen) atoms. The van der Waals surface area contributed by atoms with Gasteiger partial charge in [-0.25, -0.2) is 0 Å². The lowest BCUT2D eigenvalue weighted by Crippen LogP contribution is -2.29. The number of hydrogen-bond donors (Lipinski definition) is 1. The van der Waals surface area contributed by atoms with Gasteiger partial charge in [0, 0.05) is 24.2 Å². The van der Waals surface area contributed by atoms with E-state index in [0.717, 1.165) is 31.6 Å². The minimum Gasteiger partial charge on any atom is -0.325 e. The van der Waals surface area contributed by atoms with Crippen molar-refractivity contribution >= 4 is 21.0 Å². The van der Waals surface area contributed by atoms with Crippen LogP contribution in [0.5, 0.6) is 0 Å². The van der Waals surface area contributed by atoms with E-state index >= 15 is 0 Å². The van der Waals surface area contributed by atoms with Crippen molar-refractivity contribution < 1.29 is 4.79 Å². The summed E-state index contributed by atoms with van der Waals surface area (Å²) in [5.41, 5.74) is 1.90. The highest BCUT2D eigenvalue weighted by Crippen LogP contribution is 2.34. The summed E-state index contributed by atoms with van der Waals surface area (Å²) in [6.07, 6.45) is 2.29. The zero-order chi connectivity index (χ0) is 14.8. The third-order valence-electron chi connectivity index (χ3n) is 3.86. The van der Waals surface area contributed by atoms with E-state index in [1.54, 1.807) is 0 Å². The molecule has 0 bridgehead atoms. The van der Waals surface area contributed by atoms with Crippen LogP contribution in [0.4, 0.5) is 5.69 Å². The highest BCUT2D eigenvalue weighted by atomic mass is 31.0. The average Bonchev–Trinajstić information content (AvgIpc) is 2.39. The molecule has 1 unspecified atom stereocenters. The summed E-state index contributed by atoms with van der Waals surface area (Å²) in [4.78, 5) is 12.2. The Morgan fingerprint density at radius 3 is 2.45 bits per heavy atom. The van der Waals surface area contributed by atoms with Crippen LogP contribution in [0.1, 0.15) is 45.1 Å². The number of amides is 1. The quantitative estimate of drug-likeness (QED) is 0.844. The number of anilines is 1. The molecule has 1 aromatic carbocycles. The number of carbonyl (C=O) groups excluding carboxylic acids is 1. The number of benzene rings is 1. The number of piperidine rings is 1. The van der Waals surface area contributed by atoms with Gasteiger partial charge in [-0.2, -0.15) is 0 Å². The highest BCUT2D eigenvalue weighted by Gasteiger charge is 2.24. The Kier molecular flexibility index (Phi) is 4.82. The fraction of sp³-hybridized carbons (Fsp3) is 0.562. The van der Waals surface area contributed by atoms with Gasteiger partial charge in [0.1, 0.15) is 0 Å². The number of rotatable bonds is 2. The predicted molar refractivity (Wildman–Crippen MR) is 87.8 cm³/mol. The van der Waals surface area contributed by atoms with E-state index in [1.807, 2.05) is 32.9 Å². The molecule has 2 rings (SSSR count). The molecule has 0 saturated carbocycles. The summed E-state index contributed by atoms with van der Waals surface area (Å²) in [6, 6.07) is 8.23. The Morgan fingerprint density at radius 1 is 1.25 bits per heavy atom. The van der Waals surface area contributed by atoms with Crippen molar-refractivity contribution in [2.45, 2.75) is 39.5 Å². The van der Waals surface area contributed by atoms with Crippen molar-refractivity contribution in [3.8, 4) is 0 Å². The first-order valence-electron chi connectivity index (χ1n) is 7.28. The monoisotopic (exact) mass is 292 g/mol. The van der Waals surface area contributed by atoms with Gasteiger partial charge < -0.3 is 5.32 Å². The van der Waals surface area contributed by atoms with Gasteiger partial charge in [0.15, 0.2) is 0 Å². The molecule has 1 aromatic rings. The second-order valence-corrected chi connectivity index (χ2v) is 7.33. The van der Waals surface area contributed by atoms with Crippen LogP contribution in [-0.2, 0) is 4.79 Å². The SMILES string of the molecule is CC(C)(C)C(=O)Nc1ccccc1C1CCN(P)CC1. The van der Waals surface area contributed by atoms with Crippen LogP contribution in [-0.4, -0.2) is 23.7 Å². The molecule has 0 aliphatic carbocycles. The van der Waals surface area contributed by atoms with E-state index in [1.165, 1.54) is 5.56 Å². The molecule has 0 radical (unpaired) electrons. The fourth-order valence-electron chi connectivity index (χ4n) is 2.49. The van der Waals surface area contributed by atoms with Crippen molar-refractivity contribution in [1.82, 2.24) is 4.67 Å². The maximum Gasteiger partial charge on any atom is 0.229 e. The van der Waals surface area contributed by atoms with Crippen LogP contribution in [0, 0.1) is 5.41 Å². The minimum atomic E-state index is -0.365. The van der Waals surface area contributed by atoms with Crippen LogP contribution in [0.25, 0.3) is 0 Å². The van der Waals surface area contributed by atoms with E-state index in [-0.39, 0.29) is 11.3 Å². The van der Waals surface area contributed by atoms with Crippen molar-refractivity contribution in [3.63, 3.8) is 0 Å². The van der Waals surface area contributed by atoms with Crippen molar-refractivity contribution in [3.05, 3.63) is 29.8 Å². The topological polar surface area (TPSA) is 32.3 Å². The molecule has 1 fully saturated rings. The summed E-state index contributed by atoms with van der Waals surface area (Å²) in [7, 11) is 2.78. The van der Waals surface area contributed by atoms with Crippen LogP contribution < -0.4 is 5.32 Å². The highest BCUT2D eigenvalue weighted by molar-refractivity contribution is 7.13. The minimum absolute atomic E-state index is 0.0773. The van der Waals surface area contributed by atoms with E-state index < -0.39 is 0 Å². The van der Waals surface area contributed by atoms with Crippen molar-refractivity contribution in [2.75, 3.05) is 18.4 Å². The Morgan fingerprint density at radius 2 is 1.85 bits per heavy atom. The second kappa shape index (κ2) is 6.24. The van der Waals surface area contributed by atoms with Crippen molar-refractivity contribution in [1.29, 1.82) is 0 Å². The van der Waals surface area contributed by atoms with Gasteiger partial charge in [0.05, 0.1) is 0 Å². The second-order valence-electron chi connectivity index (χ2n) is 6.60. The predicted octanol–water partition coefficient (Wildman–Crippen LogP) is 3.64. The Balaban J connectivity index is 2.16. The first kappa shape index (κ1) is 15.5. The fourth-order valence-corrected chi connectivity index (χ4v) is 2.79. The van der Waals surface area contributed by atoms with Gasteiger partial charge in [0.25, 0.3) is 0 Å². The normalized spacial score (nSPS) is 18.0. The molecule has 0 spiro atoms. The van der Waals surface area contributed by atoms with Gasteiger partial charge in [-0.05, 0) is 30.4 Å². The molecular weight excluding hydrogens is 267 g/mol. The van der Waals surface area contributed by atoms with Crippen LogP contribution >= 0.6 is 9.39 Å². The largest absolute Gasteiger partial charge is 0.325 e. The van der Waals surface area contributed by atoms with Gasteiger partial charge >= 0.3 is 0 Å². The molecule has 1 aliphatic heterocycles. The molecule has 3 nitrogen and oxygen atoms in total. The van der Waals surface area contributed by atoms with Crippen LogP contribution in [0.2, 0.25) is 0 Å². The summed E-state index contributed by atoms with van der Waals surface area (Å²) in [6.45, 7) is 8.01. The van der Waals surface area contributed by atoms with E-state index in [4.69, 9.17) is 0 Å². The third-order valence-corrected chi connectivity index (χ3v) is 4.38. The summed E-state index contributed by atoms with van der Waals surface area (Å²) >= 11 is 0. The molecule has 1 aliphatic rings. The lowest BCUT2D eigenvalue weighted by Gasteiger charge is -2.30. The molecular formula is C16H25N2OP. The number of nitrogens with one attached hydrogen (secondary N) is 1. The van der Waals surface area contributed by atoms with E-state index in [0.29, 0.717) is 5.92 Å². The summed E-state index contributed by atoms with van der Waals surface area (Å²) in [5.74, 6) is 0.622. The first-order chi connectivity index (χ1) is 9.38. The average molecular weight is 292 g/mol. The molecule has 110 valence electrons. The lowest BCUT2D eigenvalue weighted by molar-refractivity contribution is -0.123. The third kappa shape index (κ3) is 3.80. The Bertz CT molecular complexity index is 474. The molecule has 0 aromatic heterocycles. The van der Waals surface area contributed by atoms with Crippen LogP contribution in [0.3, 0.4) is 0 Å². The zero-order valence-corrected chi connectivity index (χ0v) is 13.8. The van der Waals surface area contributed by atoms with E-state index in [9.17, 15) is 4.79 Å². The number of carbonyl (C=O) groups is 1. The standard InChI is InChI=1S/C16H25N2OP/c1-16(2,3)15(19)17-14-7-5-4-6-13(14)12-8-10-18(20)11-9-12/h4-7,12H,8-11,20H2,1-3H3,(H,17,19). The van der Waals surface area contributed by atoms with Gasteiger partial charge in [-0.3, -0.25) is 9.46 Å². The van der Waals surface area contributed by atoms with Crippen molar-refractivity contribution in [2.24, 2.45) is 5.41 Å². The summed E-state index contributed by atoms with van der Waals surface area (Å²) < 4.78 is 2.28. The number of nitrogens with zero attached hydrogens (tertiary/aromatic N) is 1. The Hall–Kier alpha value is -0.920. The smallest absolute Gasteiger partial charge is 0.229 e. The zero-order valence-electron chi connectivity index (χ0n) is 12.6. The van der Waals surface area contributed by atoms with Gasteiger partial charge in [-0.1, -0.05) is 48.4 Å². The maximum atomic E-state index is 12.2. The number of hydrogen-bond acceptors (Lipinski definition) is 2.